The van der Waals surface area contributed by atoms with Crippen LogP contribution in [0, 0.1) is 6.92 Å². The third-order valence-electron chi connectivity index (χ3n) is 5.78. The molecule has 1 aliphatic heterocycles. The highest BCUT2D eigenvalue weighted by Crippen LogP contribution is 2.32. The lowest BCUT2D eigenvalue weighted by Gasteiger charge is -2.36. The van der Waals surface area contributed by atoms with Gasteiger partial charge in [-0.1, -0.05) is 41.9 Å². The van der Waals surface area contributed by atoms with E-state index in [0.717, 1.165) is 17.7 Å². The highest BCUT2D eigenvalue weighted by molar-refractivity contribution is 6.34. The number of halogens is 4. The number of carbonyl (C=O) groups is 2. The third-order valence-corrected chi connectivity index (χ3v) is 6.10. The molecule has 3 aromatic carbocycles. The molecule has 1 fully saturated rings. The van der Waals surface area contributed by atoms with E-state index in [4.69, 9.17) is 11.6 Å². The van der Waals surface area contributed by atoms with Gasteiger partial charge in [-0.05, 0) is 60.9 Å². The molecule has 0 spiro atoms. The molecule has 0 saturated carbocycles. The quantitative estimate of drug-likeness (QED) is 0.420. The minimum Gasteiger partial charge on any atom is -0.320 e. The zero-order valence-corrected chi connectivity index (χ0v) is 19.7. The van der Waals surface area contributed by atoms with E-state index in [1.54, 1.807) is 46.2 Å². The highest BCUT2D eigenvalue weighted by Gasteiger charge is 2.31. The first-order chi connectivity index (χ1) is 16.6. The summed E-state index contributed by atoms with van der Waals surface area (Å²) in [6.45, 7) is 2.98. The molecular weight excluding hydrogens is 479 g/mol. The van der Waals surface area contributed by atoms with Gasteiger partial charge in [-0.25, -0.2) is 4.79 Å². The molecule has 0 bridgehead atoms. The van der Waals surface area contributed by atoms with Crippen molar-refractivity contribution in [2.75, 3.05) is 23.3 Å². The molecule has 4 rings (SSSR count). The van der Waals surface area contributed by atoms with Gasteiger partial charge in [0.1, 0.15) is 0 Å². The van der Waals surface area contributed by atoms with E-state index < -0.39 is 17.6 Å². The van der Waals surface area contributed by atoms with Gasteiger partial charge >= 0.3 is 12.2 Å². The molecule has 35 heavy (non-hydrogen) atoms. The number of carbonyl (C=O) groups excluding carboxylic acids is 2. The summed E-state index contributed by atoms with van der Waals surface area (Å²) in [5.74, 6) is -0.395. The largest absolute Gasteiger partial charge is 0.416 e. The van der Waals surface area contributed by atoms with Crippen LogP contribution < -0.4 is 10.2 Å². The minimum absolute atomic E-state index is 0.181. The van der Waals surface area contributed by atoms with E-state index in [1.165, 1.54) is 12.1 Å². The van der Waals surface area contributed by atoms with Crippen molar-refractivity contribution in [3.8, 4) is 0 Å². The average Bonchev–Trinajstić information content (AvgIpc) is 2.81. The second-order valence-corrected chi connectivity index (χ2v) is 8.77. The van der Waals surface area contributed by atoms with Gasteiger partial charge in [-0.15, -0.1) is 0 Å². The Bertz CT molecular complexity index is 1250. The maximum atomic E-state index is 13.3. The van der Waals surface area contributed by atoms with Crippen molar-refractivity contribution in [2.45, 2.75) is 26.1 Å². The van der Waals surface area contributed by atoms with Crippen LogP contribution in [0.1, 0.15) is 33.5 Å². The second-order valence-electron chi connectivity index (χ2n) is 8.36. The number of urea groups is 1. The van der Waals surface area contributed by atoms with Crippen molar-refractivity contribution < 1.29 is 22.8 Å². The molecule has 1 heterocycles. The van der Waals surface area contributed by atoms with Crippen LogP contribution in [-0.4, -0.2) is 29.9 Å². The van der Waals surface area contributed by atoms with Gasteiger partial charge in [0, 0.05) is 19.6 Å². The van der Waals surface area contributed by atoms with Crippen molar-refractivity contribution in [2.24, 2.45) is 0 Å². The fourth-order valence-electron chi connectivity index (χ4n) is 3.99. The van der Waals surface area contributed by atoms with Gasteiger partial charge < -0.3 is 10.2 Å². The van der Waals surface area contributed by atoms with Crippen LogP contribution in [0.3, 0.4) is 0 Å². The van der Waals surface area contributed by atoms with Crippen molar-refractivity contribution in [1.29, 1.82) is 0 Å². The molecule has 182 valence electrons. The highest BCUT2D eigenvalue weighted by atomic mass is 35.5. The van der Waals surface area contributed by atoms with E-state index in [-0.39, 0.29) is 12.6 Å². The molecule has 0 atom stereocenters. The summed E-state index contributed by atoms with van der Waals surface area (Å²) < 4.78 is 38.6. The van der Waals surface area contributed by atoms with Gasteiger partial charge in [-0.2, -0.15) is 13.2 Å². The van der Waals surface area contributed by atoms with E-state index in [0.29, 0.717) is 47.0 Å². The minimum atomic E-state index is -4.41. The summed E-state index contributed by atoms with van der Waals surface area (Å²) in [5.41, 5.74) is 2.10. The smallest absolute Gasteiger partial charge is 0.320 e. The number of anilines is 2. The zero-order chi connectivity index (χ0) is 25.2. The Morgan fingerprint density at radius 3 is 2.43 bits per heavy atom. The zero-order valence-electron chi connectivity index (χ0n) is 18.9. The summed E-state index contributed by atoms with van der Waals surface area (Å²) in [6.07, 6.45) is -3.75. The molecular formula is C26H23ClF3N3O2. The van der Waals surface area contributed by atoms with Crippen LogP contribution in [0.25, 0.3) is 0 Å². The number of benzene rings is 3. The van der Waals surface area contributed by atoms with E-state index in [2.05, 4.69) is 5.32 Å². The Morgan fingerprint density at radius 2 is 1.74 bits per heavy atom. The number of hydrogen-bond acceptors (Lipinski definition) is 2. The number of nitrogens with zero attached hydrogens (tertiary/aromatic N) is 2. The molecule has 0 radical (unpaired) electrons. The lowest BCUT2D eigenvalue weighted by molar-refractivity contribution is -0.137. The van der Waals surface area contributed by atoms with E-state index >= 15 is 0 Å². The molecule has 1 saturated heterocycles. The predicted molar refractivity (Wildman–Crippen MR) is 130 cm³/mol. The van der Waals surface area contributed by atoms with Crippen molar-refractivity contribution >= 4 is 34.9 Å². The van der Waals surface area contributed by atoms with Crippen LogP contribution in [0.2, 0.25) is 5.02 Å². The molecule has 9 heteroatoms. The topological polar surface area (TPSA) is 52.6 Å². The molecule has 3 aromatic rings. The lowest BCUT2D eigenvalue weighted by Crippen LogP contribution is -2.49. The van der Waals surface area contributed by atoms with E-state index in [1.807, 2.05) is 13.0 Å². The Balaban J connectivity index is 1.55. The number of hydrogen-bond donors (Lipinski definition) is 1. The summed E-state index contributed by atoms with van der Waals surface area (Å²) in [5, 5.41) is 3.18. The predicted octanol–water partition coefficient (Wildman–Crippen LogP) is 6.75. The molecule has 1 aliphatic rings. The molecule has 0 unspecified atom stereocenters. The third kappa shape index (κ3) is 5.59. The van der Waals surface area contributed by atoms with Crippen LogP contribution in [0.15, 0.2) is 66.7 Å². The summed E-state index contributed by atoms with van der Waals surface area (Å²) in [7, 11) is 0. The Morgan fingerprint density at radius 1 is 1.03 bits per heavy atom. The average molecular weight is 502 g/mol. The van der Waals surface area contributed by atoms with Crippen LogP contribution in [0.4, 0.5) is 29.3 Å². The van der Waals surface area contributed by atoms with Crippen LogP contribution in [0.5, 0.6) is 0 Å². The molecule has 1 N–H and O–H groups in total. The fraction of sp³-hybridized carbons (Fsp3) is 0.231. The van der Waals surface area contributed by atoms with Gasteiger partial charge in [-0.3, -0.25) is 9.69 Å². The van der Waals surface area contributed by atoms with Crippen molar-refractivity contribution in [1.82, 2.24) is 4.90 Å². The molecule has 3 amide bonds. The number of rotatable bonds is 5. The van der Waals surface area contributed by atoms with Crippen LogP contribution >= 0.6 is 11.6 Å². The standard InChI is InChI=1S/C26H23ClF3N3O2/c1-17-7-12-23(22(15-17)31-24(34)20-5-2-3-6-21(20)27)33-14-4-13-32(25(33)35)16-18-8-10-19(11-9-18)26(28,29)30/h2-3,5-12,15H,4,13-14,16H2,1H3,(H,31,34). The summed E-state index contributed by atoms with van der Waals surface area (Å²) in [6, 6.07) is 16.6. The lowest BCUT2D eigenvalue weighted by atomic mass is 10.1. The number of amides is 3. The van der Waals surface area contributed by atoms with E-state index in [9.17, 15) is 22.8 Å². The number of alkyl halides is 3. The van der Waals surface area contributed by atoms with Crippen molar-refractivity contribution in [3.63, 3.8) is 0 Å². The fourth-order valence-corrected chi connectivity index (χ4v) is 4.21. The number of nitrogens with one attached hydrogen (secondary N) is 1. The SMILES string of the molecule is Cc1ccc(N2CCCN(Cc3ccc(C(F)(F)F)cc3)C2=O)c(NC(=O)c2ccccc2Cl)c1. The molecule has 5 nitrogen and oxygen atoms in total. The first kappa shape index (κ1) is 24.6. The van der Waals surface area contributed by atoms with Crippen molar-refractivity contribution in [3.05, 3.63) is 94.0 Å². The first-order valence-corrected chi connectivity index (χ1v) is 11.4. The van der Waals surface area contributed by atoms with Gasteiger partial charge in [0.25, 0.3) is 5.91 Å². The first-order valence-electron chi connectivity index (χ1n) is 11.0. The maximum Gasteiger partial charge on any atom is 0.416 e. The molecule has 0 aromatic heterocycles. The monoisotopic (exact) mass is 501 g/mol. The Kier molecular flexibility index (Phi) is 7.03. The molecule has 0 aliphatic carbocycles. The maximum absolute atomic E-state index is 13.3. The number of aryl methyl sites for hydroxylation is 1. The summed E-state index contributed by atoms with van der Waals surface area (Å²) >= 11 is 6.16. The normalized spacial score (nSPS) is 14.3. The van der Waals surface area contributed by atoms with Gasteiger partial charge in [0.15, 0.2) is 0 Å². The Labute approximate surface area is 206 Å². The summed E-state index contributed by atoms with van der Waals surface area (Å²) in [4.78, 5) is 29.4. The van der Waals surface area contributed by atoms with Crippen LogP contribution in [-0.2, 0) is 12.7 Å². The Hall–Kier alpha value is -3.52. The van der Waals surface area contributed by atoms with Gasteiger partial charge in [0.05, 0.1) is 27.5 Å². The van der Waals surface area contributed by atoms with Gasteiger partial charge in [0.2, 0.25) is 0 Å². The second kappa shape index (κ2) is 10.00.